The first-order valence-electron chi connectivity index (χ1n) is 7.57. The van der Waals surface area contributed by atoms with Crippen molar-refractivity contribution in [1.82, 2.24) is 4.90 Å². The van der Waals surface area contributed by atoms with Gasteiger partial charge in [-0.2, -0.15) is 0 Å². The summed E-state index contributed by atoms with van der Waals surface area (Å²) in [5.41, 5.74) is 7.10. The second-order valence-electron chi connectivity index (χ2n) is 5.56. The molecule has 1 aromatic carbocycles. The predicted molar refractivity (Wildman–Crippen MR) is 85.5 cm³/mol. The van der Waals surface area contributed by atoms with Gasteiger partial charge in [-0.3, -0.25) is 9.69 Å². The number of amides is 1. The number of nitrogen functional groups attached to an aromatic ring is 1. The summed E-state index contributed by atoms with van der Waals surface area (Å²) >= 11 is 0. The molecule has 1 aromatic rings. The zero-order valence-corrected chi connectivity index (χ0v) is 13.1. The number of carbonyl (C=O) groups excluding carboxylic acids is 1. The van der Waals surface area contributed by atoms with Crippen LogP contribution < -0.4 is 15.8 Å². The molecule has 116 valence electrons. The average molecular weight is 291 g/mol. The van der Waals surface area contributed by atoms with Crippen molar-refractivity contribution in [3.63, 3.8) is 0 Å². The monoisotopic (exact) mass is 291 g/mol. The molecule has 0 spiro atoms. The molecule has 1 aliphatic rings. The van der Waals surface area contributed by atoms with Gasteiger partial charge in [0.05, 0.1) is 24.5 Å². The van der Waals surface area contributed by atoms with E-state index in [1.807, 2.05) is 6.92 Å². The van der Waals surface area contributed by atoms with E-state index in [-0.39, 0.29) is 11.9 Å². The Bertz CT molecular complexity index is 504. The summed E-state index contributed by atoms with van der Waals surface area (Å²) in [5, 5.41) is 2.92. The van der Waals surface area contributed by atoms with Crippen molar-refractivity contribution in [1.29, 1.82) is 0 Å². The minimum absolute atomic E-state index is 0.00721. The van der Waals surface area contributed by atoms with Crippen LogP contribution in [0.15, 0.2) is 18.2 Å². The van der Waals surface area contributed by atoms with Crippen LogP contribution in [0.3, 0.4) is 0 Å². The average Bonchev–Trinajstić information content (AvgIpc) is 2.96. The third-order valence-electron chi connectivity index (χ3n) is 4.29. The first-order valence-corrected chi connectivity index (χ1v) is 7.57. The van der Waals surface area contributed by atoms with E-state index in [0.29, 0.717) is 23.2 Å². The Labute approximate surface area is 126 Å². The first-order chi connectivity index (χ1) is 10.1. The van der Waals surface area contributed by atoms with E-state index in [2.05, 4.69) is 17.1 Å². The van der Waals surface area contributed by atoms with Crippen molar-refractivity contribution in [2.24, 2.45) is 0 Å². The molecule has 2 atom stereocenters. The number of nitrogens with two attached hydrogens (primary N) is 1. The van der Waals surface area contributed by atoms with Crippen LogP contribution in [-0.2, 0) is 4.79 Å². The van der Waals surface area contributed by atoms with Crippen LogP contribution in [0.25, 0.3) is 0 Å². The highest BCUT2D eigenvalue weighted by Gasteiger charge is 2.30. The number of nitrogens with zero attached hydrogens (tertiary/aromatic N) is 1. The SMILES string of the molecule is CCC1CCCN1C(C)C(=O)Nc1ccc(OC)cc1N. The fourth-order valence-corrected chi connectivity index (χ4v) is 2.98. The maximum Gasteiger partial charge on any atom is 0.241 e. The molecule has 0 saturated carbocycles. The fourth-order valence-electron chi connectivity index (χ4n) is 2.98. The molecule has 2 rings (SSSR count). The smallest absolute Gasteiger partial charge is 0.241 e. The van der Waals surface area contributed by atoms with Gasteiger partial charge < -0.3 is 15.8 Å². The molecule has 21 heavy (non-hydrogen) atoms. The summed E-state index contributed by atoms with van der Waals surface area (Å²) in [5.74, 6) is 0.677. The van der Waals surface area contributed by atoms with Crippen LogP contribution in [0.1, 0.15) is 33.1 Å². The number of hydrogen-bond acceptors (Lipinski definition) is 4. The summed E-state index contributed by atoms with van der Waals surface area (Å²) in [7, 11) is 1.59. The zero-order chi connectivity index (χ0) is 15.4. The van der Waals surface area contributed by atoms with Crippen LogP contribution in [0, 0.1) is 0 Å². The fraction of sp³-hybridized carbons (Fsp3) is 0.562. The molecular weight excluding hydrogens is 266 g/mol. The maximum atomic E-state index is 12.4. The molecule has 2 unspecified atom stereocenters. The molecule has 0 aliphatic carbocycles. The van der Waals surface area contributed by atoms with Crippen molar-refractivity contribution in [2.75, 3.05) is 24.7 Å². The van der Waals surface area contributed by atoms with E-state index < -0.39 is 0 Å². The number of ether oxygens (including phenoxy) is 1. The second-order valence-corrected chi connectivity index (χ2v) is 5.56. The predicted octanol–water partition coefficient (Wildman–Crippen LogP) is 2.48. The number of carbonyl (C=O) groups is 1. The Morgan fingerprint density at radius 2 is 2.33 bits per heavy atom. The highest BCUT2D eigenvalue weighted by atomic mass is 16.5. The largest absolute Gasteiger partial charge is 0.497 e. The van der Waals surface area contributed by atoms with Gasteiger partial charge in [-0.05, 0) is 44.9 Å². The Balaban J connectivity index is 2.03. The summed E-state index contributed by atoms with van der Waals surface area (Å²) in [6.07, 6.45) is 3.43. The van der Waals surface area contributed by atoms with E-state index in [1.54, 1.807) is 25.3 Å². The Hall–Kier alpha value is -1.75. The van der Waals surface area contributed by atoms with Gasteiger partial charge in [0.15, 0.2) is 0 Å². The lowest BCUT2D eigenvalue weighted by Gasteiger charge is -2.29. The summed E-state index contributed by atoms with van der Waals surface area (Å²) in [4.78, 5) is 14.7. The highest BCUT2D eigenvalue weighted by molar-refractivity contribution is 5.97. The van der Waals surface area contributed by atoms with E-state index in [0.717, 1.165) is 13.0 Å². The third kappa shape index (κ3) is 3.47. The molecule has 0 bridgehead atoms. The number of hydrogen-bond donors (Lipinski definition) is 2. The Morgan fingerprint density at radius 3 is 2.95 bits per heavy atom. The van der Waals surface area contributed by atoms with Gasteiger partial charge in [-0.1, -0.05) is 6.92 Å². The molecule has 1 amide bonds. The zero-order valence-electron chi connectivity index (χ0n) is 13.1. The van der Waals surface area contributed by atoms with Crippen molar-refractivity contribution >= 4 is 17.3 Å². The van der Waals surface area contributed by atoms with Crippen molar-refractivity contribution in [3.8, 4) is 5.75 Å². The molecule has 5 heteroatoms. The minimum Gasteiger partial charge on any atom is -0.497 e. The molecular formula is C16H25N3O2. The lowest BCUT2D eigenvalue weighted by molar-refractivity contribution is -0.121. The van der Waals surface area contributed by atoms with E-state index in [4.69, 9.17) is 10.5 Å². The van der Waals surface area contributed by atoms with Crippen LogP contribution in [0.5, 0.6) is 5.75 Å². The maximum absolute atomic E-state index is 12.4. The molecule has 1 aliphatic heterocycles. The van der Waals surface area contributed by atoms with Crippen LogP contribution in [0.4, 0.5) is 11.4 Å². The van der Waals surface area contributed by atoms with Crippen molar-refractivity contribution in [2.45, 2.75) is 45.2 Å². The van der Waals surface area contributed by atoms with Gasteiger partial charge >= 0.3 is 0 Å². The number of nitrogens with one attached hydrogen (secondary N) is 1. The quantitative estimate of drug-likeness (QED) is 0.818. The molecule has 1 heterocycles. The molecule has 1 saturated heterocycles. The number of likely N-dealkylation sites (tertiary alicyclic amines) is 1. The van der Waals surface area contributed by atoms with E-state index in [9.17, 15) is 4.79 Å². The topological polar surface area (TPSA) is 67.6 Å². The van der Waals surface area contributed by atoms with Gasteiger partial charge in [0.1, 0.15) is 5.75 Å². The molecule has 1 fully saturated rings. The summed E-state index contributed by atoms with van der Waals surface area (Å²) in [6.45, 7) is 5.13. The van der Waals surface area contributed by atoms with Crippen molar-refractivity contribution < 1.29 is 9.53 Å². The van der Waals surface area contributed by atoms with Gasteiger partial charge in [0.2, 0.25) is 5.91 Å². The lowest BCUT2D eigenvalue weighted by atomic mass is 10.1. The first kappa shape index (κ1) is 15.6. The summed E-state index contributed by atoms with van der Waals surface area (Å²) in [6, 6.07) is 5.66. The molecule has 0 radical (unpaired) electrons. The number of anilines is 2. The lowest BCUT2D eigenvalue weighted by Crippen LogP contribution is -2.44. The summed E-state index contributed by atoms with van der Waals surface area (Å²) < 4.78 is 5.11. The van der Waals surface area contributed by atoms with Gasteiger partial charge in [0, 0.05) is 12.1 Å². The highest BCUT2D eigenvalue weighted by Crippen LogP contribution is 2.26. The number of rotatable bonds is 5. The minimum atomic E-state index is -0.140. The Kier molecular flexibility index (Phi) is 5.07. The normalized spacial score (nSPS) is 20.2. The molecule has 5 nitrogen and oxygen atoms in total. The van der Waals surface area contributed by atoms with Gasteiger partial charge in [-0.15, -0.1) is 0 Å². The second kappa shape index (κ2) is 6.80. The third-order valence-corrected chi connectivity index (χ3v) is 4.29. The molecule has 3 N–H and O–H groups in total. The van der Waals surface area contributed by atoms with E-state index >= 15 is 0 Å². The number of methoxy groups -OCH3 is 1. The van der Waals surface area contributed by atoms with E-state index in [1.165, 1.54) is 12.8 Å². The number of benzene rings is 1. The van der Waals surface area contributed by atoms with Crippen LogP contribution in [0.2, 0.25) is 0 Å². The van der Waals surface area contributed by atoms with Gasteiger partial charge in [0.25, 0.3) is 0 Å². The van der Waals surface area contributed by atoms with Crippen molar-refractivity contribution in [3.05, 3.63) is 18.2 Å². The van der Waals surface area contributed by atoms with Crippen LogP contribution >= 0.6 is 0 Å². The molecule has 0 aromatic heterocycles. The van der Waals surface area contributed by atoms with Crippen LogP contribution in [-0.4, -0.2) is 36.5 Å². The Morgan fingerprint density at radius 1 is 1.57 bits per heavy atom. The van der Waals surface area contributed by atoms with Gasteiger partial charge in [-0.25, -0.2) is 0 Å². The standard InChI is InChI=1S/C16H25N3O2/c1-4-12-6-5-9-19(12)11(2)16(20)18-15-8-7-13(21-3)10-14(15)17/h7-8,10-12H,4-6,9,17H2,1-3H3,(H,18,20).